The summed E-state index contributed by atoms with van der Waals surface area (Å²) in [7, 11) is 3.96. The van der Waals surface area contributed by atoms with Crippen molar-refractivity contribution >= 4 is 35.8 Å². The van der Waals surface area contributed by atoms with E-state index in [0.29, 0.717) is 6.54 Å². The van der Waals surface area contributed by atoms with Crippen molar-refractivity contribution in [2.45, 2.75) is 32.9 Å². The highest BCUT2D eigenvalue weighted by atomic mass is 127. The third kappa shape index (κ3) is 6.43. The van der Waals surface area contributed by atoms with Gasteiger partial charge < -0.3 is 20.4 Å². The molecule has 0 unspecified atom stereocenters. The van der Waals surface area contributed by atoms with Crippen LogP contribution in [0.25, 0.3) is 0 Å². The standard InChI is InChI=1S/C17H30N6.HI/c1-17(2,3)21-16(18-4)20-13-14-7-6-8-19-15(14)23-11-9-22(5)10-12-23;/h6-8H,9-13H2,1-5H3,(H2,18,20,21);1H. The SMILES string of the molecule is CN=C(NCc1cccnc1N1CCN(C)CC1)NC(C)(C)C.I. The lowest BCUT2D eigenvalue weighted by atomic mass is 10.1. The Morgan fingerprint density at radius 1 is 1.25 bits per heavy atom. The molecule has 0 saturated carbocycles. The summed E-state index contributed by atoms with van der Waals surface area (Å²) < 4.78 is 0. The number of hydrogen-bond acceptors (Lipinski definition) is 4. The molecule has 0 amide bonds. The summed E-state index contributed by atoms with van der Waals surface area (Å²) in [4.78, 5) is 13.6. The Kier molecular flexibility index (Phi) is 8.21. The number of nitrogens with one attached hydrogen (secondary N) is 2. The highest BCUT2D eigenvalue weighted by molar-refractivity contribution is 14.0. The third-order valence-electron chi connectivity index (χ3n) is 3.83. The van der Waals surface area contributed by atoms with Gasteiger partial charge in [0.1, 0.15) is 5.82 Å². The highest BCUT2D eigenvalue weighted by Gasteiger charge is 2.18. The van der Waals surface area contributed by atoms with E-state index in [-0.39, 0.29) is 29.5 Å². The van der Waals surface area contributed by atoms with E-state index in [0.717, 1.165) is 38.0 Å². The van der Waals surface area contributed by atoms with E-state index < -0.39 is 0 Å². The van der Waals surface area contributed by atoms with Crippen LogP contribution in [0.15, 0.2) is 23.3 Å². The summed E-state index contributed by atoms with van der Waals surface area (Å²) in [6.07, 6.45) is 1.87. The Labute approximate surface area is 163 Å². The van der Waals surface area contributed by atoms with Crippen LogP contribution in [0.3, 0.4) is 0 Å². The molecule has 0 atom stereocenters. The van der Waals surface area contributed by atoms with Crippen LogP contribution in [0.5, 0.6) is 0 Å². The average molecular weight is 446 g/mol. The molecule has 7 heteroatoms. The fourth-order valence-electron chi connectivity index (χ4n) is 2.58. The first-order valence-electron chi connectivity index (χ1n) is 8.25. The minimum absolute atomic E-state index is 0. The van der Waals surface area contributed by atoms with Crippen LogP contribution in [0.1, 0.15) is 26.3 Å². The first-order chi connectivity index (χ1) is 10.9. The molecule has 24 heavy (non-hydrogen) atoms. The molecular formula is C17H31IN6. The van der Waals surface area contributed by atoms with Crippen LogP contribution in [0, 0.1) is 0 Å². The first kappa shape index (κ1) is 21.0. The summed E-state index contributed by atoms with van der Waals surface area (Å²) in [6.45, 7) is 11.3. The maximum atomic E-state index is 4.61. The van der Waals surface area contributed by atoms with Crippen LogP contribution in [-0.2, 0) is 6.54 Å². The molecule has 6 nitrogen and oxygen atoms in total. The fourth-order valence-corrected chi connectivity index (χ4v) is 2.58. The number of likely N-dealkylation sites (N-methyl/N-ethyl adjacent to an activating group) is 1. The van der Waals surface area contributed by atoms with Crippen molar-refractivity contribution in [3.63, 3.8) is 0 Å². The predicted molar refractivity (Wildman–Crippen MR) is 112 cm³/mol. The average Bonchev–Trinajstić information content (AvgIpc) is 2.51. The van der Waals surface area contributed by atoms with Crippen LogP contribution in [0.4, 0.5) is 5.82 Å². The summed E-state index contributed by atoms with van der Waals surface area (Å²) >= 11 is 0. The lowest BCUT2D eigenvalue weighted by molar-refractivity contribution is 0.312. The van der Waals surface area contributed by atoms with Gasteiger partial charge in [-0.15, -0.1) is 24.0 Å². The van der Waals surface area contributed by atoms with E-state index in [9.17, 15) is 0 Å². The zero-order valence-electron chi connectivity index (χ0n) is 15.5. The first-order valence-corrected chi connectivity index (χ1v) is 8.25. The number of aliphatic imine (C=N–C) groups is 1. The van der Waals surface area contributed by atoms with E-state index in [2.05, 4.69) is 64.3 Å². The van der Waals surface area contributed by atoms with Gasteiger partial charge in [-0.25, -0.2) is 4.98 Å². The van der Waals surface area contributed by atoms with Gasteiger partial charge in [0.25, 0.3) is 0 Å². The Morgan fingerprint density at radius 2 is 1.92 bits per heavy atom. The number of anilines is 1. The van der Waals surface area contributed by atoms with E-state index in [1.165, 1.54) is 5.56 Å². The Bertz CT molecular complexity index is 532. The van der Waals surface area contributed by atoms with Gasteiger partial charge in [0, 0.05) is 57.1 Å². The van der Waals surface area contributed by atoms with Gasteiger partial charge in [-0.1, -0.05) is 6.07 Å². The molecule has 0 radical (unpaired) electrons. The predicted octanol–water partition coefficient (Wildman–Crippen LogP) is 1.91. The zero-order valence-corrected chi connectivity index (χ0v) is 17.8. The van der Waals surface area contributed by atoms with Gasteiger partial charge in [-0.05, 0) is 33.9 Å². The number of halogens is 1. The minimum Gasteiger partial charge on any atom is -0.354 e. The molecular weight excluding hydrogens is 415 g/mol. The van der Waals surface area contributed by atoms with Gasteiger partial charge in [0.2, 0.25) is 0 Å². The maximum Gasteiger partial charge on any atom is 0.191 e. The van der Waals surface area contributed by atoms with Gasteiger partial charge in [0.05, 0.1) is 0 Å². The maximum absolute atomic E-state index is 4.61. The summed E-state index contributed by atoms with van der Waals surface area (Å²) in [5, 5.41) is 6.77. The van der Waals surface area contributed by atoms with Crippen molar-refractivity contribution < 1.29 is 0 Å². The third-order valence-corrected chi connectivity index (χ3v) is 3.83. The normalized spacial score (nSPS) is 16.5. The molecule has 0 aromatic carbocycles. The molecule has 0 aliphatic carbocycles. The quantitative estimate of drug-likeness (QED) is 0.422. The lowest BCUT2D eigenvalue weighted by Crippen LogP contribution is -2.47. The summed E-state index contributed by atoms with van der Waals surface area (Å²) in [5.74, 6) is 1.89. The minimum atomic E-state index is -0.0168. The number of rotatable bonds is 3. The molecule has 136 valence electrons. The van der Waals surface area contributed by atoms with Crippen molar-refractivity contribution in [2.75, 3.05) is 45.2 Å². The van der Waals surface area contributed by atoms with Crippen molar-refractivity contribution in [3.8, 4) is 0 Å². The topological polar surface area (TPSA) is 55.8 Å². The van der Waals surface area contributed by atoms with Crippen LogP contribution >= 0.6 is 24.0 Å². The van der Waals surface area contributed by atoms with Crippen molar-refractivity contribution in [1.29, 1.82) is 0 Å². The highest BCUT2D eigenvalue weighted by Crippen LogP contribution is 2.18. The van der Waals surface area contributed by atoms with Gasteiger partial charge in [-0.3, -0.25) is 4.99 Å². The molecule has 0 bridgehead atoms. The van der Waals surface area contributed by atoms with E-state index >= 15 is 0 Å². The lowest BCUT2D eigenvalue weighted by Gasteiger charge is -2.34. The summed E-state index contributed by atoms with van der Waals surface area (Å²) in [5.41, 5.74) is 1.19. The molecule has 1 fully saturated rings. The van der Waals surface area contributed by atoms with Crippen molar-refractivity contribution in [3.05, 3.63) is 23.9 Å². The molecule has 1 aromatic heterocycles. The van der Waals surface area contributed by atoms with E-state index in [1.807, 2.05) is 12.3 Å². The zero-order chi connectivity index (χ0) is 16.9. The van der Waals surface area contributed by atoms with Gasteiger partial charge in [-0.2, -0.15) is 0 Å². The van der Waals surface area contributed by atoms with Gasteiger partial charge in [0.15, 0.2) is 5.96 Å². The van der Waals surface area contributed by atoms with Crippen molar-refractivity contribution in [1.82, 2.24) is 20.5 Å². The smallest absolute Gasteiger partial charge is 0.191 e. The monoisotopic (exact) mass is 446 g/mol. The second-order valence-electron chi connectivity index (χ2n) is 7.08. The van der Waals surface area contributed by atoms with E-state index in [4.69, 9.17) is 0 Å². The molecule has 1 saturated heterocycles. The summed E-state index contributed by atoms with van der Waals surface area (Å²) in [6, 6.07) is 4.13. The van der Waals surface area contributed by atoms with Crippen LogP contribution in [0.2, 0.25) is 0 Å². The molecule has 2 rings (SSSR count). The fraction of sp³-hybridized carbons (Fsp3) is 0.647. The van der Waals surface area contributed by atoms with Crippen LogP contribution in [-0.4, -0.2) is 61.7 Å². The Hall–Kier alpha value is -1.09. The number of nitrogens with zero attached hydrogens (tertiary/aromatic N) is 4. The molecule has 2 N–H and O–H groups in total. The Balaban J connectivity index is 0.00000288. The molecule has 1 aliphatic rings. The van der Waals surface area contributed by atoms with Crippen molar-refractivity contribution in [2.24, 2.45) is 4.99 Å². The largest absolute Gasteiger partial charge is 0.354 e. The number of aromatic nitrogens is 1. The van der Waals surface area contributed by atoms with E-state index in [1.54, 1.807) is 7.05 Å². The van der Waals surface area contributed by atoms with Gasteiger partial charge >= 0.3 is 0 Å². The molecule has 0 spiro atoms. The number of guanidine groups is 1. The van der Waals surface area contributed by atoms with Crippen LogP contribution < -0.4 is 15.5 Å². The number of pyridine rings is 1. The second-order valence-corrected chi connectivity index (χ2v) is 7.08. The Morgan fingerprint density at radius 3 is 2.50 bits per heavy atom. The molecule has 1 aliphatic heterocycles. The number of piperazine rings is 1. The second kappa shape index (κ2) is 9.41. The number of hydrogen-bond donors (Lipinski definition) is 2. The molecule has 1 aromatic rings. The molecule has 2 heterocycles.